The summed E-state index contributed by atoms with van der Waals surface area (Å²) >= 11 is 0. The van der Waals surface area contributed by atoms with Gasteiger partial charge in [0.2, 0.25) is 5.91 Å². The lowest BCUT2D eigenvalue weighted by Crippen LogP contribution is -2.50. The third kappa shape index (κ3) is 4.01. The van der Waals surface area contributed by atoms with Crippen LogP contribution in [0.15, 0.2) is 42.6 Å². The molecule has 1 fully saturated rings. The standard InChI is InChI=1S/C17H19F3N4O/c1-22-9-10-24(14(11-22)13-5-3-2-4-6-13)16(25)12-23-8-7-15(21-23)17(18,19)20/h2-8,14H,9-12H2,1H3. The average Bonchev–Trinajstić information content (AvgIpc) is 3.04. The van der Waals surface area contributed by atoms with Gasteiger partial charge in [-0.1, -0.05) is 30.3 Å². The quantitative estimate of drug-likeness (QED) is 0.852. The Morgan fingerprint density at radius 1 is 1.20 bits per heavy atom. The van der Waals surface area contributed by atoms with Crippen LogP contribution in [-0.4, -0.2) is 52.2 Å². The van der Waals surface area contributed by atoms with Crippen molar-refractivity contribution in [3.8, 4) is 0 Å². The number of likely N-dealkylation sites (N-methyl/N-ethyl adjacent to an activating group) is 1. The van der Waals surface area contributed by atoms with Gasteiger partial charge in [-0.3, -0.25) is 9.48 Å². The molecule has 8 heteroatoms. The number of carbonyl (C=O) groups excluding carboxylic acids is 1. The molecule has 1 aliphatic rings. The highest BCUT2D eigenvalue weighted by Crippen LogP contribution is 2.28. The van der Waals surface area contributed by atoms with Crippen LogP contribution in [0.3, 0.4) is 0 Å². The van der Waals surface area contributed by atoms with E-state index in [9.17, 15) is 18.0 Å². The number of aromatic nitrogens is 2. The maximum atomic E-state index is 12.7. The molecule has 0 bridgehead atoms. The first-order chi connectivity index (χ1) is 11.8. The number of alkyl halides is 3. The van der Waals surface area contributed by atoms with Gasteiger partial charge in [0.05, 0.1) is 6.04 Å². The van der Waals surface area contributed by atoms with E-state index in [0.29, 0.717) is 13.1 Å². The number of rotatable bonds is 3. The molecular formula is C17H19F3N4O. The highest BCUT2D eigenvalue weighted by Gasteiger charge is 2.34. The number of carbonyl (C=O) groups is 1. The second-order valence-corrected chi connectivity index (χ2v) is 6.17. The SMILES string of the molecule is CN1CCN(C(=O)Cn2ccc(C(F)(F)F)n2)C(c2ccccc2)C1. The van der Waals surface area contributed by atoms with Gasteiger partial charge in [-0.05, 0) is 18.7 Å². The number of hydrogen-bond acceptors (Lipinski definition) is 3. The second-order valence-electron chi connectivity index (χ2n) is 6.17. The number of piperazine rings is 1. The molecule has 5 nitrogen and oxygen atoms in total. The minimum atomic E-state index is -4.51. The van der Waals surface area contributed by atoms with Gasteiger partial charge in [-0.2, -0.15) is 18.3 Å². The number of halogens is 3. The number of hydrogen-bond donors (Lipinski definition) is 0. The van der Waals surface area contributed by atoms with E-state index in [1.54, 1.807) is 4.90 Å². The molecule has 2 aromatic rings. The van der Waals surface area contributed by atoms with Crippen LogP contribution in [0.2, 0.25) is 0 Å². The van der Waals surface area contributed by atoms with Crippen LogP contribution < -0.4 is 0 Å². The lowest BCUT2D eigenvalue weighted by molar-refractivity contribution is -0.142. The summed E-state index contributed by atoms with van der Waals surface area (Å²) < 4.78 is 39.0. The summed E-state index contributed by atoms with van der Waals surface area (Å²) in [6, 6.07) is 10.4. The summed E-state index contributed by atoms with van der Waals surface area (Å²) in [6.07, 6.45) is -3.32. The van der Waals surface area contributed by atoms with Gasteiger partial charge in [0, 0.05) is 25.8 Å². The molecular weight excluding hydrogens is 333 g/mol. The summed E-state index contributed by atoms with van der Waals surface area (Å²) in [5.74, 6) is -0.237. The first-order valence-corrected chi connectivity index (χ1v) is 7.98. The molecule has 1 aromatic heterocycles. The predicted molar refractivity (Wildman–Crippen MR) is 85.6 cm³/mol. The van der Waals surface area contributed by atoms with Crippen molar-refractivity contribution in [3.05, 3.63) is 53.9 Å². The Hall–Kier alpha value is -2.35. The summed E-state index contributed by atoms with van der Waals surface area (Å²) in [7, 11) is 1.99. The summed E-state index contributed by atoms with van der Waals surface area (Å²) in [5, 5.41) is 3.46. The highest BCUT2D eigenvalue weighted by molar-refractivity contribution is 5.76. The van der Waals surface area contributed by atoms with Crippen molar-refractivity contribution in [2.75, 3.05) is 26.7 Å². The summed E-state index contributed by atoms with van der Waals surface area (Å²) in [4.78, 5) is 16.5. The van der Waals surface area contributed by atoms with Crippen LogP contribution in [0.4, 0.5) is 13.2 Å². The van der Waals surface area contributed by atoms with Crippen LogP contribution in [-0.2, 0) is 17.5 Å². The van der Waals surface area contributed by atoms with Gasteiger partial charge in [0.15, 0.2) is 5.69 Å². The molecule has 1 atom stereocenters. The van der Waals surface area contributed by atoms with Gasteiger partial charge in [0.25, 0.3) is 0 Å². The molecule has 1 amide bonds. The Bertz CT molecular complexity index is 729. The van der Waals surface area contributed by atoms with Crippen molar-refractivity contribution >= 4 is 5.91 Å². The zero-order chi connectivity index (χ0) is 18.0. The molecule has 1 unspecified atom stereocenters. The van der Waals surface area contributed by atoms with Gasteiger partial charge in [0.1, 0.15) is 6.54 Å². The van der Waals surface area contributed by atoms with E-state index in [-0.39, 0.29) is 18.5 Å². The Morgan fingerprint density at radius 3 is 2.56 bits per heavy atom. The fourth-order valence-corrected chi connectivity index (χ4v) is 3.01. The Balaban J connectivity index is 1.76. The molecule has 25 heavy (non-hydrogen) atoms. The highest BCUT2D eigenvalue weighted by atomic mass is 19.4. The van der Waals surface area contributed by atoms with Crippen LogP contribution in [0.25, 0.3) is 0 Å². The minimum Gasteiger partial charge on any atom is -0.331 e. The van der Waals surface area contributed by atoms with Crippen molar-refractivity contribution in [2.24, 2.45) is 0 Å². The van der Waals surface area contributed by atoms with Crippen molar-refractivity contribution < 1.29 is 18.0 Å². The maximum absolute atomic E-state index is 12.7. The number of amides is 1. The van der Waals surface area contributed by atoms with Gasteiger partial charge >= 0.3 is 6.18 Å². The zero-order valence-electron chi connectivity index (χ0n) is 13.8. The number of nitrogens with zero attached hydrogens (tertiary/aromatic N) is 4. The zero-order valence-corrected chi connectivity index (χ0v) is 13.8. The van der Waals surface area contributed by atoms with E-state index in [0.717, 1.165) is 22.9 Å². The van der Waals surface area contributed by atoms with Gasteiger partial charge in [-0.25, -0.2) is 0 Å². The maximum Gasteiger partial charge on any atom is 0.435 e. The molecule has 2 heterocycles. The van der Waals surface area contributed by atoms with E-state index in [4.69, 9.17) is 0 Å². The Labute approximate surface area is 143 Å². The molecule has 134 valence electrons. The van der Waals surface area contributed by atoms with Crippen molar-refractivity contribution in [3.63, 3.8) is 0 Å². The van der Waals surface area contributed by atoms with Crippen LogP contribution >= 0.6 is 0 Å². The molecule has 1 saturated heterocycles. The molecule has 0 saturated carbocycles. The van der Waals surface area contributed by atoms with Gasteiger partial charge < -0.3 is 9.80 Å². The number of benzene rings is 1. The molecule has 1 aromatic carbocycles. The molecule has 0 radical (unpaired) electrons. The largest absolute Gasteiger partial charge is 0.435 e. The molecule has 0 spiro atoms. The molecule has 0 aliphatic carbocycles. The van der Waals surface area contributed by atoms with E-state index in [2.05, 4.69) is 10.00 Å². The fraction of sp³-hybridized carbons (Fsp3) is 0.412. The first-order valence-electron chi connectivity index (χ1n) is 7.98. The predicted octanol–water partition coefficient (Wildman–Crippen LogP) is 2.42. The van der Waals surface area contributed by atoms with E-state index in [1.807, 2.05) is 37.4 Å². The van der Waals surface area contributed by atoms with Crippen LogP contribution in [0.5, 0.6) is 0 Å². The van der Waals surface area contributed by atoms with Crippen LogP contribution in [0.1, 0.15) is 17.3 Å². The third-order valence-electron chi connectivity index (χ3n) is 4.32. The lowest BCUT2D eigenvalue weighted by Gasteiger charge is -2.40. The van der Waals surface area contributed by atoms with E-state index >= 15 is 0 Å². The topological polar surface area (TPSA) is 41.4 Å². The monoisotopic (exact) mass is 352 g/mol. The first kappa shape index (κ1) is 17.5. The Morgan fingerprint density at radius 2 is 1.92 bits per heavy atom. The van der Waals surface area contributed by atoms with Gasteiger partial charge in [-0.15, -0.1) is 0 Å². The van der Waals surface area contributed by atoms with Crippen molar-refractivity contribution in [1.29, 1.82) is 0 Å². The molecule has 1 aliphatic heterocycles. The Kier molecular flexibility index (Phi) is 4.80. The van der Waals surface area contributed by atoms with Crippen molar-refractivity contribution in [2.45, 2.75) is 18.8 Å². The molecule has 0 N–H and O–H groups in total. The fourth-order valence-electron chi connectivity index (χ4n) is 3.01. The smallest absolute Gasteiger partial charge is 0.331 e. The van der Waals surface area contributed by atoms with Crippen molar-refractivity contribution in [1.82, 2.24) is 19.6 Å². The molecule has 3 rings (SSSR count). The van der Waals surface area contributed by atoms with E-state index in [1.165, 1.54) is 6.20 Å². The van der Waals surface area contributed by atoms with Crippen LogP contribution in [0, 0.1) is 0 Å². The second kappa shape index (κ2) is 6.87. The third-order valence-corrected chi connectivity index (χ3v) is 4.32. The lowest BCUT2D eigenvalue weighted by atomic mass is 10.0. The minimum absolute atomic E-state index is 0.120. The van der Waals surface area contributed by atoms with E-state index < -0.39 is 11.9 Å². The summed E-state index contributed by atoms with van der Waals surface area (Å²) in [6.45, 7) is 1.73. The average molecular weight is 352 g/mol. The normalized spacial score (nSPS) is 19.2. The summed E-state index contributed by atoms with van der Waals surface area (Å²) in [5.41, 5.74) is 0.0251.